The standard InChI is InChI=1S/C14H14F3NO3/c1-2-21-14(20)11-4-3-5-18(11)13(19)8-6-9(15)12(17)10(16)7-8/h6-7,11H,2-5H2,1H3. The van der Waals surface area contributed by atoms with E-state index in [1.807, 2.05) is 0 Å². The van der Waals surface area contributed by atoms with Gasteiger partial charge in [0.1, 0.15) is 6.04 Å². The predicted octanol–water partition coefficient (Wildman–Crippen LogP) is 2.27. The highest BCUT2D eigenvalue weighted by molar-refractivity contribution is 5.97. The highest BCUT2D eigenvalue weighted by Gasteiger charge is 2.36. The number of nitrogens with zero attached hydrogens (tertiary/aromatic N) is 1. The number of carbonyl (C=O) groups excluding carboxylic acids is 2. The Morgan fingerprint density at radius 1 is 1.29 bits per heavy atom. The number of rotatable bonds is 3. The van der Waals surface area contributed by atoms with Crippen molar-refractivity contribution in [2.45, 2.75) is 25.8 Å². The lowest BCUT2D eigenvalue weighted by Gasteiger charge is -2.23. The van der Waals surface area contributed by atoms with Crippen LogP contribution in [0.25, 0.3) is 0 Å². The topological polar surface area (TPSA) is 46.6 Å². The smallest absolute Gasteiger partial charge is 0.328 e. The Morgan fingerprint density at radius 2 is 1.90 bits per heavy atom. The molecule has 0 spiro atoms. The number of benzene rings is 1. The molecule has 1 aromatic rings. The largest absolute Gasteiger partial charge is 0.464 e. The summed E-state index contributed by atoms with van der Waals surface area (Å²) in [4.78, 5) is 25.2. The third-order valence-electron chi connectivity index (χ3n) is 3.30. The van der Waals surface area contributed by atoms with Crippen LogP contribution >= 0.6 is 0 Å². The van der Waals surface area contributed by atoms with Crippen LogP contribution in [0.1, 0.15) is 30.1 Å². The normalized spacial score (nSPS) is 17.9. The van der Waals surface area contributed by atoms with Crippen molar-refractivity contribution in [1.29, 1.82) is 0 Å². The fraction of sp³-hybridized carbons (Fsp3) is 0.429. The van der Waals surface area contributed by atoms with E-state index in [9.17, 15) is 22.8 Å². The Hall–Kier alpha value is -2.05. The van der Waals surface area contributed by atoms with Crippen molar-refractivity contribution in [3.8, 4) is 0 Å². The number of hydrogen-bond donors (Lipinski definition) is 0. The van der Waals surface area contributed by atoms with Crippen molar-refractivity contribution in [2.75, 3.05) is 13.2 Å². The Kier molecular flexibility index (Phi) is 4.50. The van der Waals surface area contributed by atoms with E-state index >= 15 is 0 Å². The van der Waals surface area contributed by atoms with Gasteiger partial charge in [-0.15, -0.1) is 0 Å². The summed E-state index contributed by atoms with van der Waals surface area (Å²) in [6, 6.07) is 0.483. The Bertz CT molecular complexity index is 554. The molecule has 0 bridgehead atoms. The van der Waals surface area contributed by atoms with Gasteiger partial charge in [-0.25, -0.2) is 18.0 Å². The average Bonchev–Trinajstić information content (AvgIpc) is 2.93. The zero-order valence-electron chi connectivity index (χ0n) is 11.4. The van der Waals surface area contributed by atoms with E-state index in [0.717, 1.165) is 0 Å². The van der Waals surface area contributed by atoms with Crippen LogP contribution in [0, 0.1) is 17.5 Å². The van der Waals surface area contributed by atoms with Crippen LogP contribution in [0.4, 0.5) is 13.2 Å². The van der Waals surface area contributed by atoms with Crippen LogP contribution in [-0.4, -0.2) is 36.0 Å². The highest BCUT2D eigenvalue weighted by Crippen LogP contribution is 2.23. The molecule has 1 heterocycles. The van der Waals surface area contributed by atoms with Gasteiger partial charge in [0.15, 0.2) is 17.5 Å². The summed E-state index contributed by atoms with van der Waals surface area (Å²) >= 11 is 0. The molecule has 7 heteroatoms. The third-order valence-corrected chi connectivity index (χ3v) is 3.30. The summed E-state index contributed by atoms with van der Waals surface area (Å²) in [6.07, 6.45) is 1.01. The van der Waals surface area contributed by atoms with Crippen LogP contribution in [-0.2, 0) is 9.53 Å². The Labute approximate surface area is 119 Å². The minimum atomic E-state index is -1.63. The molecule has 1 aliphatic heterocycles. The van der Waals surface area contributed by atoms with Crippen molar-refractivity contribution in [3.05, 3.63) is 35.1 Å². The molecular formula is C14H14F3NO3. The minimum absolute atomic E-state index is 0.178. The molecule has 1 aliphatic rings. The molecule has 1 unspecified atom stereocenters. The van der Waals surface area contributed by atoms with Crippen molar-refractivity contribution in [2.24, 2.45) is 0 Å². The van der Waals surface area contributed by atoms with Crippen LogP contribution in [0.3, 0.4) is 0 Å². The zero-order valence-corrected chi connectivity index (χ0v) is 11.4. The Balaban J connectivity index is 2.25. The molecule has 0 saturated carbocycles. The maximum absolute atomic E-state index is 13.2. The van der Waals surface area contributed by atoms with Gasteiger partial charge < -0.3 is 9.64 Å². The summed E-state index contributed by atoms with van der Waals surface area (Å²) < 4.78 is 44.1. The van der Waals surface area contributed by atoms with Gasteiger partial charge in [-0.1, -0.05) is 0 Å². The molecule has 2 rings (SSSR count). The quantitative estimate of drug-likeness (QED) is 0.635. The molecule has 0 radical (unpaired) electrons. The summed E-state index contributed by atoms with van der Waals surface area (Å²) in [5.74, 6) is -5.78. The number of likely N-dealkylation sites (tertiary alicyclic amines) is 1. The van der Waals surface area contributed by atoms with Crippen LogP contribution in [0.2, 0.25) is 0 Å². The van der Waals surface area contributed by atoms with Crippen molar-refractivity contribution >= 4 is 11.9 Å². The number of carbonyl (C=O) groups is 2. The maximum atomic E-state index is 13.2. The van der Waals surface area contributed by atoms with E-state index in [1.165, 1.54) is 4.90 Å². The second-order valence-electron chi connectivity index (χ2n) is 4.66. The molecule has 4 nitrogen and oxygen atoms in total. The molecule has 1 saturated heterocycles. The van der Waals surface area contributed by atoms with E-state index in [4.69, 9.17) is 4.74 Å². The van der Waals surface area contributed by atoms with Gasteiger partial charge in [0, 0.05) is 12.1 Å². The highest BCUT2D eigenvalue weighted by atomic mass is 19.2. The fourth-order valence-corrected chi connectivity index (χ4v) is 2.34. The van der Waals surface area contributed by atoms with Crippen molar-refractivity contribution in [3.63, 3.8) is 0 Å². The van der Waals surface area contributed by atoms with Gasteiger partial charge in [-0.05, 0) is 31.9 Å². The lowest BCUT2D eigenvalue weighted by Crippen LogP contribution is -2.41. The zero-order chi connectivity index (χ0) is 15.6. The number of esters is 1. The average molecular weight is 301 g/mol. The maximum Gasteiger partial charge on any atom is 0.328 e. The first-order chi connectivity index (χ1) is 9.95. The molecule has 1 fully saturated rings. The van der Waals surface area contributed by atoms with Crippen molar-refractivity contribution < 1.29 is 27.5 Å². The monoisotopic (exact) mass is 301 g/mol. The van der Waals surface area contributed by atoms with Crippen molar-refractivity contribution in [1.82, 2.24) is 4.90 Å². The van der Waals surface area contributed by atoms with E-state index in [2.05, 4.69) is 0 Å². The second-order valence-corrected chi connectivity index (χ2v) is 4.66. The molecule has 21 heavy (non-hydrogen) atoms. The first-order valence-corrected chi connectivity index (χ1v) is 6.57. The summed E-state index contributed by atoms with van der Waals surface area (Å²) in [5, 5.41) is 0. The lowest BCUT2D eigenvalue weighted by atomic mass is 10.1. The molecule has 1 aromatic carbocycles. The SMILES string of the molecule is CCOC(=O)C1CCCN1C(=O)c1cc(F)c(F)c(F)c1. The predicted molar refractivity (Wildman–Crippen MR) is 67.0 cm³/mol. The molecule has 1 atom stereocenters. The second kappa shape index (κ2) is 6.15. The number of hydrogen-bond acceptors (Lipinski definition) is 3. The molecule has 1 amide bonds. The molecule has 0 aliphatic carbocycles. The van der Waals surface area contributed by atoms with Gasteiger partial charge in [0.2, 0.25) is 0 Å². The number of amides is 1. The first kappa shape index (κ1) is 15.3. The number of halogens is 3. The van der Waals surface area contributed by atoms with Gasteiger partial charge >= 0.3 is 5.97 Å². The molecular weight excluding hydrogens is 287 g/mol. The molecule has 0 aromatic heterocycles. The van der Waals surface area contributed by atoms with Crippen LogP contribution in [0.5, 0.6) is 0 Å². The van der Waals surface area contributed by atoms with Gasteiger partial charge in [0.05, 0.1) is 6.61 Å². The fourth-order valence-electron chi connectivity index (χ4n) is 2.34. The third kappa shape index (κ3) is 3.01. The minimum Gasteiger partial charge on any atom is -0.464 e. The van der Waals surface area contributed by atoms with E-state index in [1.54, 1.807) is 6.92 Å². The number of ether oxygens (including phenoxy) is 1. The summed E-state index contributed by atoms with van der Waals surface area (Å²) in [6.45, 7) is 2.10. The summed E-state index contributed by atoms with van der Waals surface area (Å²) in [5.41, 5.74) is -0.331. The van der Waals surface area contributed by atoms with Gasteiger partial charge in [-0.3, -0.25) is 4.79 Å². The molecule has 114 valence electrons. The van der Waals surface area contributed by atoms with E-state index in [-0.39, 0.29) is 18.7 Å². The van der Waals surface area contributed by atoms with E-state index < -0.39 is 35.4 Å². The Morgan fingerprint density at radius 3 is 2.48 bits per heavy atom. The van der Waals surface area contributed by atoms with Crippen LogP contribution < -0.4 is 0 Å². The first-order valence-electron chi connectivity index (χ1n) is 6.57. The van der Waals surface area contributed by atoms with Gasteiger partial charge in [-0.2, -0.15) is 0 Å². The van der Waals surface area contributed by atoms with Crippen LogP contribution in [0.15, 0.2) is 12.1 Å². The van der Waals surface area contributed by atoms with Gasteiger partial charge in [0.25, 0.3) is 5.91 Å². The molecule has 0 N–H and O–H groups in total. The van der Waals surface area contributed by atoms with E-state index in [0.29, 0.717) is 25.0 Å². The lowest BCUT2D eigenvalue weighted by molar-refractivity contribution is -0.147. The summed E-state index contributed by atoms with van der Waals surface area (Å²) in [7, 11) is 0.